The minimum Gasteiger partial charge on any atom is -0.397 e. The number of nitrogen functional groups attached to an aromatic ring is 1. The molecule has 0 bridgehead atoms. The summed E-state index contributed by atoms with van der Waals surface area (Å²) < 4.78 is 4.78. The number of fused-ring (bicyclic) bond motifs is 1. The molecule has 0 amide bonds. The van der Waals surface area contributed by atoms with Gasteiger partial charge >= 0.3 is 0 Å². The fourth-order valence-corrected chi connectivity index (χ4v) is 2.39. The van der Waals surface area contributed by atoms with Gasteiger partial charge in [-0.1, -0.05) is 24.3 Å². The third-order valence-electron chi connectivity index (χ3n) is 3.47. The van der Waals surface area contributed by atoms with Crippen LogP contribution in [0.4, 0.5) is 11.4 Å². The van der Waals surface area contributed by atoms with E-state index in [0.29, 0.717) is 16.7 Å². The molecule has 3 N–H and O–H groups in total. The van der Waals surface area contributed by atoms with Crippen LogP contribution < -0.4 is 11.1 Å². The molecular formula is C15H16N4O. The molecule has 0 aliphatic carbocycles. The van der Waals surface area contributed by atoms with Gasteiger partial charge in [0.05, 0.1) is 11.4 Å². The summed E-state index contributed by atoms with van der Waals surface area (Å²) in [6.07, 6.45) is 0. The van der Waals surface area contributed by atoms with Crippen LogP contribution in [0.15, 0.2) is 41.0 Å². The van der Waals surface area contributed by atoms with Crippen LogP contribution in [0.3, 0.4) is 0 Å². The van der Waals surface area contributed by atoms with Crippen LogP contribution >= 0.6 is 0 Å². The summed E-state index contributed by atoms with van der Waals surface area (Å²) in [4.78, 5) is 0. The van der Waals surface area contributed by atoms with E-state index in [1.807, 2.05) is 18.2 Å². The Morgan fingerprint density at radius 3 is 2.65 bits per heavy atom. The van der Waals surface area contributed by atoms with Crippen LogP contribution in [0.25, 0.3) is 11.0 Å². The molecule has 20 heavy (non-hydrogen) atoms. The molecule has 2 aromatic carbocycles. The fourth-order valence-electron chi connectivity index (χ4n) is 2.39. The van der Waals surface area contributed by atoms with E-state index in [-0.39, 0.29) is 6.04 Å². The summed E-state index contributed by atoms with van der Waals surface area (Å²) in [6.45, 7) is 4.21. The van der Waals surface area contributed by atoms with Gasteiger partial charge < -0.3 is 11.1 Å². The van der Waals surface area contributed by atoms with Crippen molar-refractivity contribution in [1.82, 2.24) is 10.3 Å². The largest absolute Gasteiger partial charge is 0.397 e. The van der Waals surface area contributed by atoms with Crippen LogP contribution in [-0.2, 0) is 0 Å². The molecule has 3 rings (SSSR count). The highest BCUT2D eigenvalue weighted by Crippen LogP contribution is 2.29. The predicted octanol–water partition coefficient (Wildman–Crippen LogP) is 3.29. The molecule has 102 valence electrons. The number of aromatic nitrogens is 2. The summed E-state index contributed by atoms with van der Waals surface area (Å²) in [5, 5.41) is 11.2. The standard InChI is InChI=1S/C15H16N4O/c1-9-5-3-4-6-11(9)10(2)17-13-8-7-12(16)14-15(13)19-20-18-14/h3-8,10,17H,16H2,1-2H3. The van der Waals surface area contributed by atoms with Crippen molar-refractivity contribution < 1.29 is 4.63 Å². The van der Waals surface area contributed by atoms with Gasteiger partial charge in [-0.05, 0) is 47.4 Å². The van der Waals surface area contributed by atoms with Gasteiger partial charge in [-0.25, -0.2) is 4.63 Å². The first kappa shape index (κ1) is 12.5. The molecule has 3 aromatic rings. The van der Waals surface area contributed by atoms with Gasteiger partial charge in [-0.15, -0.1) is 0 Å². The van der Waals surface area contributed by atoms with Gasteiger partial charge in [0.1, 0.15) is 0 Å². The quantitative estimate of drug-likeness (QED) is 0.713. The Labute approximate surface area is 116 Å². The summed E-state index contributed by atoms with van der Waals surface area (Å²) in [7, 11) is 0. The molecule has 1 aromatic heterocycles. The second kappa shape index (κ2) is 4.85. The molecule has 1 atom stereocenters. The summed E-state index contributed by atoms with van der Waals surface area (Å²) in [5.74, 6) is 0. The Balaban J connectivity index is 1.96. The third kappa shape index (κ3) is 2.07. The number of benzene rings is 2. The highest BCUT2D eigenvalue weighted by Gasteiger charge is 2.13. The highest BCUT2D eigenvalue weighted by molar-refractivity contribution is 5.95. The van der Waals surface area contributed by atoms with Gasteiger partial charge in [0, 0.05) is 6.04 Å². The van der Waals surface area contributed by atoms with E-state index in [2.05, 4.69) is 41.6 Å². The second-order valence-corrected chi connectivity index (χ2v) is 4.89. The van der Waals surface area contributed by atoms with E-state index in [9.17, 15) is 0 Å². The third-order valence-corrected chi connectivity index (χ3v) is 3.47. The minimum absolute atomic E-state index is 0.153. The number of nitrogens with zero attached hydrogens (tertiary/aromatic N) is 2. The number of nitrogens with two attached hydrogens (primary N) is 1. The number of hydrogen-bond acceptors (Lipinski definition) is 5. The second-order valence-electron chi connectivity index (χ2n) is 4.89. The molecule has 0 aliphatic rings. The molecule has 0 aliphatic heterocycles. The van der Waals surface area contributed by atoms with Crippen molar-refractivity contribution in [2.75, 3.05) is 11.1 Å². The topological polar surface area (TPSA) is 77.0 Å². The maximum atomic E-state index is 5.85. The molecule has 0 fully saturated rings. The van der Waals surface area contributed by atoms with E-state index in [1.165, 1.54) is 11.1 Å². The highest BCUT2D eigenvalue weighted by atomic mass is 16.6. The monoisotopic (exact) mass is 268 g/mol. The van der Waals surface area contributed by atoms with Crippen molar-refractivity contribution in [3.8, 4) is 0 Å². The number of hydrogen-bond donors (Lipinski definition) is 2. The van der Waals surface area contributed by atoms with Crippen molar-refractivity contribution in [3.63, 3.8) is 0 Å². The van der Waals surface area contributed by atoms with Crippen LogP contribution in [0.1, 0.15) is 24.1 Å². The van der Waals surface area contributed by atoms with Crippen LogP contribution in [0.2, 0.25) is 0 Å². The van der Waals surface area contributed by atoms with Gasteiger partial charge in [-0.3, -0.25) is 0 Å². The first-order chi connectivity index (χ1) is 9.66. The maximum absolute atomic E-state index is 5.85. The smallest absolute Gasteiger partial charge is 0.160 e. The summed E-state index contributed by atoms with van der Waals surface area (Å²) in [5.41, 5.74) is 11.0. The van der Waals surface area contributed by atoms with E-state index in [1.54, 1.807) is 6.07 Å². The van der Waals surface area contributed by atoms with Gasteiger partial charge in [0.2, 0.25) is 0 Å². The lowest BCUT2D eigenvalue weighted by Gasteiger charge is -2.17. The van der Waals surface area contributed by atoms with Gasteiger partial charge in [0.15, 0.2) is 11.0 Å². The van der Waals surface area contributed by atoms with Crippen molar-refractivity contribution in [2.45, 2.75) is 19.9 Å². The molecule has 0 spiro atoms. The van der Waals surface area contributed by atoms with Crippen molar-refractivity contribution in [1.29, 1.82) is 0 Å². The Morgan fingerprint density at radius 1 is 1.10 bits per heavy atom. The Kier molecular flexibility index (Phi) is 3.02. The average Bonchev–Trinajstić information content (AvgIpc) is 2.93. The molecule has 5 nitrogen and oxygen atoms in total. The fraction of sp³-hybridized carbons (Fsp3) is 0.200. The average molecular weight is 268 g/mol. The Hall–Kier alpha value is -2.56. The number of rotatable bonds is 3. The van der Waals surface area contributed by atoms with Gasteiger partial charge in [-0.2, -0.15) is 0 Å². The molecular weight excluding hydrogens is 252 g/mol. The minimum atomic E-state index is 0.153. The lowest BCUT2D eigenvalue weighted by atomic mass is 10.0. The molecule has 0 radical (unpaired) electrons. The zero-order chi connectivity index (χ0) is 14.1. The molecule has 0 saturated heterocycles. The zero-order valence-electron chi connectivity index (χ0n) is 11.4. The number of aryl methyl sites for hydroxylation is 1. The van der Waals surface area contributed by atoms with Crippen molar-refractivity contribution >= 4 is 22.4 Å². The molecule has 0 saturated carbocycles. The number of nitrogens with one attached hydrogen (secondary N) is 1. The normalized spacial score (nSPS) is 12.5. The molecule has 1 unspecified atom stereocenters. The number of anilines is 2. The summed E-state index contributed by atoms with van der Waals surface area (Å²) in [6, 6.07) is 12.1. The van der Waals surface area contributed by atoms with E-state index >= 15 is 0 Å². The van der Waals surface area contributed by atoms with Crippen LogP contribution in [-0.4, -0.2) is 10.3 Å². The van der Waals surface area contributed by atoms with Crippen molar-refractivity contribution in [2.24, 2.45) is 0 Å². The molecule has 1 heterocycles. The van der Waals surface area contributed by atoms with E-state index in [0.717, 1.165) is 5.69 Å². The lowest BCUT2D eigenvalue weighted by molar-refractivity contribution is 0.315. The molecule has 5 heteroatoms. The van der Waals surface area contributed by atoms with Crippen LogP contribution in [0, 0.1) is 6.92 Å². The Morgan fingerprint density at radius 2 is 1.85 bits per heavy atom. The zero-order valence-corrected chi connectivity index (χ0v) is 11.4. The SMILES string of the molecule is Cc1ccccc1C(C)Nc1ccc(N)c2nonc12. The predicted molar refractivity (Wildman–Crippen MR) is 79.4 cm³/mol. The lowest BCUT2D eigenvalue weighted by Crippen LogP contribution is -2.08. The van der Waals surface area contributed by atoms with Crippen LogP contribution in [0.5, 0.6) is 0 Å². The Bertz CT molecular complexity index is 750. The first-order valence-electron chi connectivity index (χ1n) is 6.49. The van der Waals surface area contributed by atoms with Gasteiger partial charge in [0.25, 0.3) is 0 Å². The maximum Gasteiger partial charge on any atom is 0.160 e. The summed E-state index contributed by atoms with van der Waals surface area (Å²) >= 11 is 0. The van der Waals surface area contributed by atoms with E-state index in [4.69, 9.17) is 10.4 Å². The van der Waals surface area contributed by atoms with E-state index < -0.39 is 0 Å². The first-order valence-corrected chi connectivity index (χ1v) is 6.49. The van der Waals surface area contributed by atoms with Crippen molar-refractivity contribution in [3.05, 3.63) is 47.5 Å².